The van der Waals surface area contributed by atoms with E-state index < -0.39 is 0 Å². The fraction of sp³-hybridized carbons (Fsp3) is 0.310. The average molecular weight is 576 g/mol. The van der Waals surface area contributed by atoms with Crippen LogP contribution in [0.2, 0.25) is 13.1 Å². The molecule has 0 aliphatic rings. The van der Waals surface area contributed by atoms with Crippen LogP contribution in [0, 0.1) is 20.8 Å². The molecule has 4 rings (SSSR count). The molecule has 0 aliphatic heterocycles. The van der Waals surface area contributed by atoms with Crippen molar-refractivity contribution < 1.29 is 51.0 Å². The third kappa shape index (κ3) is 10.5. The van der Waals surface area contributed by atoms with Crippen LogP contribution in [0.1, 0.15) is 43.0 Å². The Morgan fingerprint density at radius 1 is 0.788 bits per heavy atom. The summed E-state index contributed by atoms with van der Waals surface area (Å²) >= 11 is 0. The van der Waals surface area contributed by atoms with Crippen molar-refractivity contribution in [3.63, 3.8) is 0 Å². The standard InChI is InChI=1S/C20H21.C7H9.C2H7Si.2ClH.Zr/c1-14-12-16-6-5-7-18(19(16)13-14)15-8-10-17(11-9-15)20(2,3)4;1-6-3-4-7(2)5-6;1-3-2;;;/h5-13H,1-4H3;3-5H,1-2H3;3H,1-2H3;2*1H;/q2*-1;;;;+4/p-2. The molecule has 0 heterocycles. The van der Waals surface area contributed by atoms with E-state index in [0.717, 1.165) is 9.52 Å². The number of aryl methyl sites for hydroxylation is 3. The Morgan fingerprint density at radius 3 is 1.79 bits per heavy atom. The largest absolute Gasteiger partial charge is 4.00 e. The molecule has 0 spiro atoms. The molecular formula is C29H37Cl2SiZr. The molecule has 0 aromatic heterocycles. The van der Waals surface area contributed by atoms with Crippen molar-refractivity contribution in [2.45, 2.75) is 60.1 Å². The number of benzene rings is 2. The summed E-state index contributed by atoms with van der Waals surface area (Å²) < 4.78 is 0. The van der Waals surface area contributed by atoms with Crippen LogP contribution in [0.25, 0.3) is 21.9 Å². The second-order valence-corrected chi connectivity index (χ2v) is 10.4. The van der Waals surface area contributed by atoms with E-state index in [2.05, 4.69) is 127 Å². The molecule has 0 aliphatic carbocycles. The zero-order valence-corrected chi connectivity index (χ0v) is 26.4. The fourth-order valence-electron chi connectivity index (χ4n) is 3.50. The summed E-state index contributed by atoms with van der Waals surface area (Å²) in [5.41, 5.74) is 8.27. The molecule has 0 nitrogen and oxygen atoms in total. The van der Waals surface area contributed by atoms with Gasteiger partial charge in [0.1, 0.15) is 0 Å². The van der Waals surface area contributed by atoms with Crippen LogP contribution in [-0.2, 0) is 31.6 Å². The molecule has 4 aromatic rings. The summed E-state index contributed by atoms with van der Waals surface area (Å²) in [7, 11) is 0.750. The smallest absolute Gasteiger partial charge is 1.00 e. The minimum Gasteiger partial charge on any atom is -1.00 e. The van der Waals surface area contributed by atoms with Gasteiger partial charge in [0, 0.05) is 9.52 Å². The Morgan fingerprint density at radius 2 is 1.36 bits per heavy atom. The van der Waals surface area contributed by atoms with Gasteiger partial charge in [0.25, 0.3) is 0 Å². The van der Waals surface area contributed by atoms with Gasteiger partial charge in [-0.2, -0.15) is 23.8 Å². The molecule has 4 heteroatoms. The third-order valence-corrected chi connectivity index (χ3v) is 5.02. The minimum atomic E-state index is 0. The van der Waals surface area contributed by atoms with Gasteiger partial charge in [-0.05, 0) is 16.5 Å². The van der Waals surface area contributed by atoms with Gasteiger partial charge >= 0.3 is 26.2 Å². The minimum absolute atomic E-state index is 0. The van der Waals surface area contributed by atoms with Crippen molar-refractivity contribution in [1.29, 1.82) is 0 Å². The molecule has 0 unspecified atom stereocenters. The van der Waals surface area contributed by atoms with Crippen LogP contribution in [0.5, 0.6) is 0 Å². The Hall–Kier alpha value is -0.920. The number of hydrogen-bond acceptors (Lipinski definition) is 0. The summed E-state index contributed by atoms with van der Waals surface area (Å²) in [4.78, 5) is 0. The fourth-order valence-corrected chi connectivity index (χ4v) is 3.50. The van der Waals surface area contributed by atoms with E-state index in [4.69, 9.17) is 0 Å². The van der Waals surface area contributed by atoms with Gasteiger partial charge < -0.3 is 24.8 Å². The topological polar surface area (TPSA) is 0 Å². The average Bonchev–Trinajstić information content (AvgIpc) is 3.25. The molecule has 0 N–H and O–H groups in total. The van der Waals surface area contributed by atoms with Crippen molar-refractivity contribution in [1.82, 2.24) is 0 Å². The maximum absolute atomic E-state index is 2.28. The summed E-state index contributed by atoms with van der Waals surface area (Å²) in [6.07, 6.45) is 0. The van der Waals surface area contributed by atoms with E-state index in [0.29, 0.717) is 0 Å². The van der Waals surface area contributed by atoms with Gasteiger partial charge in [0.15, 0.2) is 0 Å². The van der Waals surface area contributed by atoms with Crippen LogP contribution < -0.4 is 24.8 Å². The zero-order valence-electron chi connectivity index (χ0n) is 21.3. The number of fused-ring (bicyclic) bond motifs is 1. The Kier molecular flexibility index (Phi) is 16.5. The van der Waals surface area contributed by atoms with E-state index in [1.807, 2.05) is 0 Å². The Labute approximate surface area is 236 Å². The Bertz CT molecular complexity index is 1040. The maximum atomic E-state index is 2.28. The van der Waals surface area contributed by atoms with E-state index >= 15 is 0 Å². The first-order valence-corrected chi connectivity index (χ1v) is 13.2. The maximum Gasteiger partial charge on any atom is 4.00 e. The normalized spacial score (nSPS) is 9.82. The summed E-state index contributed by atoms with van der Waals surface area (Å²) in [5.74, 6) is 0. The second-order valence-electron chi connectivity index (χ2n) is 9.21. The first-order chi connectivity index (χ1) is 14.2. The third-order valence-electron chi connectivity index (χ3n) is 5.02. The predicted octanol–water partition coefficient (Wildman–Crippen LogP) is 2.38. The van der Waals surface area contributed by atoms with Gasteiger partial charge in [-0.3, -0.25) is 0 Å². The van der Waals surface area contributed by atoms with E-state index in [1.165, 1.54) is 44.2 Å². The first kappa shape index (κ1) is 34.2. The van der Waals surface area contributed by atoms with Crippen molar-refractivity contribution in [3.8, 4) is 11.1 Å². The van der Waals surface area contributed by atoms with Crippen LogP contribution >= 0.6 is 0 Å². The zero-order chi connectivity index (χ0) is 22.3. The molecular weight excluding hydrogens is 539 g/mol. The molecule has 0 amide bonds. The molecule has 1 radical (unpaired) electrons. The van der Waals surface area contributed by atoms with Crippen molar-refractivity contribution in [2.75, 3.05) is 0 Å². The molecule has 4 aromatic carbocycles. The molecule has 33 heavy (non-hydrogen) atoms. The van der Waals surface area contributed by atoms with Crippen LogP contribution in [-0.4, -0.2) is 9.52 Å². The Balaban J connectivity index is 0. The number of halogens is 2. The number of hydrogen-bond donors (Lipinski definition) is 0. The van der Waals surface area contributed by atoms with Gasteiger partial charge in [0.2, 0.25) is 0 Å². The molecule has 175 valence electrons. The van der Waals surface area contributed by atoms with E-state index in [1.54, 1.807) is 0 Å². The summed E-state index contributed by atoms with van der Waals surface area (Å²) in [6.45, 7) is 17.5. The number of rotatable bonds is 1. The monoisotopic (exact) mass is 573 g/mol. The second kappa shape index (κ2) is 15.9. The van der Waals surface area contributed by atoms with Gasteiger partial charge in [-0.15, -0.1) is 34.5 Å². The first-order valence-electron chi connectivity index (χ1n) is 10.9. The van der Waals surface area contributed by atoms with E-state index in [9.17, 15) is 0 Å². The molecule has 0 saturated heterocycles. The van der Waals surface area contributed by atoms with Crippen molar-refractivity contribution in [2.24, 2.45) is 0 Å². The van der Waals surface area contributed by atoms with Crippen molar-refractivity contribution >= 4 is 20.3 Å². The van der Waals surface area contributed by atoms with Crippen LogP contribution in [0.15, 0.2) is 72.8 Å². The molecule has 0 fully saturated rings. The van der Waals surface area contributed by atoms with Gasteiger partial charge in [-0.1, -0.05) is 90.5 Å². The molecule has 0 atom stereocenters. The van der Waals surface area contributed by atoms with Crippen molar-refractivity contribution in [3.05, 3.63) is 95.1 Å². The van der Waals surface area contributed by atoms with Crippen LogP contribution in [0.4, 0.5) is 0 Å². The summed E-state index contributed by atoms with van der Waals surface area (Å²) in [6, 6.07) is 26.5. The van der Waals surface area contributed by atoms with E-state index in [-0.39, 0.29) is 56.4 Å². The predicted molar refractivity (Wildman–Crippen MR) is 139 cm³/mol. The van der Waals surface area contributed by atoms with Gasteiger partial charge in [-0.25, -0.2) is 11.6 Å². The quantitative estimate of drug-likeness (QED) is 0.242. The molecule has 0 bridgehead atoms. The van der Waals surface area contributed by atoms with Gasteiger partial charge in [0.05, 0.1) is 0 Å². The molecule has 0 saturated carbocycles. The summed E-state index contributed by atoms with van der Waals surface area (Å²) in [5, 5.41) is 2.69. The SMILES string of the molecule is C[SiH]C.Cc1c[cH-]c(C)c1.Cc1cc2c(-c3ccc(C(C)(C)C)cc3)cccc2[cH-]1.[Cl-].[Cl-].[Zr+4]. The van der Waals surface area contributed by atoms with Crippen LogP contribution in [0.3, 0.4) is 0 Å².